The minimum Gasteiger partial charge on any atom is -0.481 e. The van der Waals surface area contributed by atoms with Crippen LogP contribution in [-0.4, -0.2) is 21.4 Å². The van der Waals surface area contributed by atoms with Gasteiger partial charge in [0.05, 0.1) is 23.7 Å². The minimum absolute atomic E-state index is 0.102. The molecule has 0 saturated heterocycles. The highest BCUT2D eigenvalue weighted by molar-refractivity contribution is 9.10. The summed E-state index contributed by atoms with van der Waals surface area (Å²) in [6.45, 7) is 0. The molecule has 1 N–H and O–H groups in total. The van der Waals surface area contributed by atoms with Crippen molar-refractivity contribution in [2.75, 3.05) is 0 Å². The number of carbonyl (C=O) groups is 2. The van der Waals surface area contributed by atoms with Gasteiger partial charge in [-0.2, -0.15) is 0 Å². The number of aromatic nitrogens is 1. The van der Waals surface area contributed by atoms with E-state index in [0.717, 1.165) is 0 Å². The number of hydrogen-bond acceptors (Lipinski definition) is 2. The number of carboxylic acid groups (broad SMARTS) is 1. The van der Waals surface area contributed by atoms with Crippen molar-refractivity contribution in [2.45, 2.75) is 18.9 Å². The minimum atomic E-state index is -0.953. The number of rotatable bonds is 2. The first-order chi connectivity index (χ1) is 8.97. The number of hydrogen-bond donors (Lipinski definition) is 1. The molecule has 3 rings (SSSR count). The fraction of sp³-hybridized carbons (Fsp3) is 0.231. The van der Waals surface area contributed by atoms with Crippen molar-refractivity contribution in [1.82, 2.24) is 4.57 Å². The number of aliphatic carboxylic acids is 1. The Labute approximate surface area is 116 Å². The third-order valence-corrected chi connectivity index (χ3v) is 3.94. The van der Waals surface area contributed by atoms with E-state index in [4.69, 9.17) is 5.11 Å². The molecule has 0 radical (unpaired) electrons. The summed E-state index contributed by atoms with van der Waals surface area (Å²) in [5.41, 5.74) is 1.13. The van der Waals surface area contributed by atoms with Crippen LogP contribution in [0.1, 0.15) is 29.4 Å². The summed E-state index contributed by atoms with van der Waals surface area (Å²) in [4.78, 5) is 22.8. The topological polar surface area (TPSA) is 59.3 Å². The van der Waals surface area contributed by atoms with E-state index in [1.807, 2.05) is 0 Å². The van der Waals surface area contributed by atoms with Gasteiger partial charge in [0.1, 0.15) is 5.82 Å². The molecule has 0 amide bonds. The predicted octanol–water partition coefficient (Wildman–Crippen LogP) is 3.15. The zero-order valence-corrected chi connectivity index (χ0v) is 11.3. The molecule has 1 atom stereocenters. The summed E-state index contributed by atoms with van der Waals surface area (Å²) in [6.07, 6.45) is 0.0632. The molecule has 6 heteroatoms. The van der Waals surface area contributed by atoms with E-state index in [1.54, 1.807) is 10.6 Å². The summed E-state index contributed by atoms with van der Waals surface area (Å²) >= 11 is 3.27. The van der Waals surface area contributed by atoms with E-state index in [9.17, 15) is 14.0 Å². The van der Waals surface area contributed by atoms with Gasteiger partial charge in [0.2, 0.25) is 0 Å². The average Bonchev–Trinajstić information content (AvgIpc) is 2.77. The molecule has 1 aromatic heterocycles. The van der Waals surface area contributed by atoms with E-state index < -0.39 is 17.8 Å². The number of ketones is 1. The van der Waals surface area contributed by atoms with Crippen molar-refractivity contribution in [3.63, 3.8) is 0 Å². The third-order valence-electron chi connectivity index (χ3n) is 3.33. The van der Waals surface area contributed by atoms with Gasteiger partial charge in [-0.15, -0.1) is 0 Å². The number of benzene rings is 1. The molecule has 4 nitrogen and oxygen atoms in total. The van der Waals surface area contributed by atoms with Crippen LogP contribution >= 0.6 is 15.9 Å². The average molecular weight is 326 g/mol. The van der Waals surface area contributed by atoms with Crippen LogP contribution in [0.5, 0.6) is 0 Å². The summed E-state index contributed by atoms with van der Waals surface area (Å²) < 4.78 is 15.6. The van der Waals surface area contributed by atoms with Gasteiger partial charge < -0.3 is 9.67 Å². The molecular weight excluding hydrogens is 317 g/mol. The van der Waals surface area contributed by atoms with Crippen molar-refractivity contribution in [1.29, 1.82) is 0 Å². The summed E-state index contributed by atoms with van der Waals surface area (Å²) in [6, 6.07) is 3.87. The highest BCUT2D eigenvalue weighted by Crippen LogP contribution is 2.38. The number of halogens is 2. The summed E-state index contributed by atoms with van der Waals surface area (Å²) in [5, 5.41) is 9.51. The van der Waals surface area contributed by atoms with Crippen molar-refractivity contribution >= 4 is 38.6 Å². The largest absolute Gasteiger partial charge is 0.481 e. The van der Waals surface area contributed by atoms with Crippen molar-refractivity contribution in [2.24, 2.45) is 0 Å². The van der Waals surface area contributed by atoms with E-state index in [2.05, 4.69) is 15.9 Å². The Kier molecular flexibility index (Phi) is 2.70. The van der Waals surface area contributed by atoms with Gasteiger partial charge in [0.15, 0.2) is 5.78 Å². The van der Waals surface area contributed by atoms with Gasteiger partial charge in [-0.1, -0.05) is 0 Å². The van der Waals surface area contributed by atoms with Crippen molar-refractivity contribution < 1.29 is 19.1 Å². The molecular formula is C13H9BrFNO3. The van der Waals surface area contributed by atoms with Crippen LogP contribution in [0, 0.1) is 5.82 Å². The molecule has 1 aliphatic rings. The summed E-state index contributed by atoms with van der Waals surface area (Å²) in [7, 11) is 0. The van der Waals surface area contributed by atoms with Crippen LogP contribution in [0.4, 0.5) is 4.39 Å². The molecule has 0 aliphatic carbocycles. The number of carboxylic acids is 1. The Morgan fingerprint density at radius 2 is 2.21 bits per heavy atom. The molecule has 0 bridgehead atoms. The van der Waals surface area contributed by atoms with Gasteiger partial charge in [0.25, 0.3) is 0 Å². The maximum Gasteiger partial charge on any atom is 0.305 e. The van der Waals surface area contributed by atoms with Crippen LogP contribution < -0.4 is 0 Å². The van der Waals surface area contributed by atoms with Gasteiger partial charge in [-0.05, 0) is 34.1 Å². The molecule has 2 aromatic rings. The Balaban J connectivity index is 2.26. The van der Waals surface area contributed by atoms with Crippen LogP contribution in [-0.2, 0) is 4.79 Å². The second-order valence-electron chi connectivity index (χ2n) is 4.60. The van der Waals surface area contributed by atoms with Crippen molar-refractivity contribution in [3.05, 3.63) is 34.2 Å². The molecule has 19 heavy (non-hydrogen) atoms. The predicted molar refractivity (Wildman–Crippen MR) is 69.8 cm³/mol. The maximum absolute atomic E-state index is 13.3. The molecule has 98 valence electrons. The lowest BCUT2D eigenvalue weighted by atomic mass is 10.1. The van der Waals surface area contributed by atoms with Crippen LogP contribution in [0.2, 0.25) is 0 Å². The van der Waals surface area contributed by atoms with Crippen LogP contribution in [0.15, 0.2) is 22.7 Å². The maximum atomic E-state index is 13.3. The zero-order valence-electron chi connectivity index (χ0n) is 9.69. The van der Waals surface area contributed by atoms with E-state index in [0.29, 0.717) is 21.1 Å². The van der Waals surface area contributed by atoms with Gasteiger partial charge >= 0.3 is 5.97 Å². The molecule has 0 fully saturated rings. The first-order valence-electron chi connectivity index (χ1n) is 5.72. The highest BCUT2D eigenvalue weighted by atomic mass is 79.9. The van der Waals surface area contributed by atoms with Crippen LogP contribution in [0.3, 0.4) is 0 Å². The van der Waals surface area contributed by atoms with Gasteiger partial charge in [-0.3, -0.25) is 9.59 Å². The van der Waals surface area contributed by atoms with E-state index >= 15 is 0 Å². The fourth-order valence-corrected chi connectivity index (χ4v) is 3.29. The second kappa shape index (κ2) is 4.16. The molecule has 2 heterocycles. The SMILES string of the molecule is O=C(O)CC1CC(=O)c2cc3cc(F)cc(Br)c3n21. The van der Waals surface area contributed by atoms with Crippen LogP contribution in [0.25, 0.3) is 10.9 Å². The fourth-order valence-electron chi connectivity index (χ4n) is 2.66. The van der Waals surface area contributed by atoms with Gasteiger partial charge in [-0.25, -0.2) is 4.39 Å². The molecule has 1 aromatic carbocycles. The number of carbonyl (C=O) groups excluding carboxylic acids is 1. The first-order valence-corrected chi connectivity index (χ1v) is 6.51. The van der Waals surface area contributed by atoms with Crippen molar-refractivity contribution in [3.8, 4) is 0 Å². The molecule has 0 saturated carbocycles. The Bertz CT molecular complexity index is 722. The highest BCUT2D eigenvalue weighted by Gasteiger charge is 2.33. The standard InChI is InChI=1S/C13H9BrFNO3/c14-9-3-7(15)1-6-2-10-11(17)4-8(5-12(18)19)16(10)13(6)9/h1-3,8H,4-5H2,(H,18,19). The quantitative estimate of drug-likeness (QED) is 0.922. The lowest BCUT2D eigenvalue weighted by molar-refractivity contribution is -0.137. The summed E-state index contributed by atoms with van der Waals surface area (Å²) in [5.74, 6) is -1.45. The lowest BCUT2D eigenvalue weighted by Crippen LogP contribution is -2.09. The first kappa shape index (κ1) is 12.3. The Hall–Kier alpha value is -1.69. The van der Waals surface area contributed by atoms with Gasteiger partial charge in [0, 0.05) is 16.3 Å². The lowest BCUT2D eigenvalue weighted by Gasteiger charge is -2.12. The van der Waals surface area contributed by atoms with E-state index in [1.165, 1.54) is 12.1 Å². The Morgan fingerprint density at radius 1 is 1.47 bits per heavy atom. The number of Topliss-reactive ketones (excluding diaryl/α,β-unsaturated/α-hetero) is 1. The second-order valence-corrected chi connectivity index (χ2v) is 5.46. The Morgan fingerprint density at radius 3 is 2.89 bits per heavy atom. The monoisotopic (exact) mass is 325 g/mol. The smallest absolute Gasteiger partial charge is 0.305 e. The van der Waals surface area contributed by atoms with E-state index in [-0.39, 0.29) is 18.6 Å². The molecule has 1 unspecified atom stereocenters. The molecule has 1 aliphatic heterocycles. The number of nitrogens with zero attached hydrogens (tertiary/aromatic N) is 1. The number of fused-ring (bicyclic) bond motifs is 3. The zero-order chi connectivity index (χ0) is 13.7. The molecule has 0 spiro atoms. The third kappa shape index (κ3) is 1.87. The normalized spacial score (nSPS) is 18.0.